The molecule has 210 valence electrons. The van der Waals surface area contributed by atoms with Crippen LogP contribution in [0.25, 0.3) is 11.1 Å². The molecule has 0 bridgehead atoms. The first-order chi connectivity index (χ1) is 21.9. The second-order valence-electron chi connectivity index (χ2n) is 11.0. The minimum absolute atomic E-state index is 1.12. The molecule has 0 amide bonds. The van der Waals surface area contributed by atoms with Crippen LogP contribution >= 0.6 is 0 Å². The Bertz CT molecular complexity index is 1840. The van der Waals surface area contributed by atoms with E-state index < -0.39 is 8.07 Å². The molecule has 0 aliphatic carbocycles. The lowest BCUT2D eigenvalue weighted by molar-refractivity contribution is 1.29. The Labute approximate surface area is 261 Å². The summed E-state index contributed by atoms with van der Waals surface area (Å²) in [5, 5.41) is 5.44. The number of nitrogens with zero attached hydrogens (tertiary/aromatic N) is 1. The van der Waals surface area contributed by atoms with Crippen molar-refractivity contribution in [1.29, 1.82) is 0 Å². The smallest absolute Gasteiger partial charge is 0.179 e. The molecule has 7 aromatic rings. The summed E-state index contributed by atoms with van der Waals surface area (Å²) in [7, 11) is -2.68. The average Bonchev–Trinajstić information content (AvgIpc) is 3.12. The van der Waals surface area contributed by atoms with Crippen molar-refractivity contribution in [3.63, 3.8) is 0 Å². The van der Waals surface area contributed by atoms with E-state index >= 15 is 0 Å². The zero-order valence-corrected chi connectivity index (χ0v) is 25.5. The van der Waals surface area contributed by atoms with E-state index in [2.05, 4.69) is 205 Å². The number of rotatable bonds is 8. The van der Waals surface area contributed by atoms with Crippen LogP contribution in [0.2, 0.25) is 0 Å². The quantitative estimate of drug-likeness (QED) is 0.130. The van der Waals surface area contributed by atoms with Crippen molar-refractivity contribution in [3.05, 3.63) is 200 Å². The molecule has 7 rings (SSSR count). The zero-order chi connectivity index (χ0) is 29.6. The molecular formula is C42H33NSi. The van der Waals surface area contributed by atoms with Gasteiger partial charge in [-0.05, 0) is 56.6 Å². The lowest BCUT2D eigenvalue weighted by atomic mass is 10.0. The van der Waals surface area contributed by atoms with Gasteiger partial charge in [0.2, 0.25) is 0 Å². The molecule has 0 fully saturated rings. The van der Waals surface area contributed by atoms with Gasteiger partial charge in [0.1, 0.15) is 0 Å². The van der Waals surface area contributed by atoms with Crippen LogP contribution < -0.4 is 25.6 Å². The van der Waals surface area contributed by atoms with E-state index in [0.29, 0.717) is 0 Å². The Kier molecular flexibility index (Phi) is 7.74. The van der Waals surface area contributed by atoms with Crippen molar-refractivity contribution in [1.82, 2.24) is 0 Å². The van der Waals surface area contributed by atoms with E-state index in [1.54, 1.807) is 0 Å². The largest absolute Gasteiger partial charge is 0.310 e. The fourth-order valence-corrected chi connectivity index (χ4v) is 11.3. The summed E-state index contributed by atoms with van der Waals surface area (Å²) in [5.41, 5.74) is 5.80. The maximum atomic E-state index is 2.44. The Balaban J connectivity index is 1.51. The van der Waals surface area contributed by atoms with E-state index in [9.17, 15) is 0 Å². The number of hydrogen-bond donors (Lipinski definition) is 0. The van der Waals surface area contributed by atoms with Crippen molar-refractivity contribution in [3.8, 4) is 11.1 Å². The second-order valence-corrected chi connectivity index (χ2v) is 14.8. The molecule has 0 radical (unpaired) electrons. The van der Waals surface area contributed by atoms with Gasteiger partial charge < -0.3 is 4.90 Å². The van der Waals surface area contributed by atoms with Crippen LogP contribution in [0.15, 0.2) is 200 Å². The van der Waals surface area contributed by atoms with Crippen molar-refractivity contribution in [2.24, 2.45) is 0 Å². The summed E-state index contributed by atoms with van der Waals surface area (Å²) >= 11 is 0. The predicted molar refractivity (Wildman–Crippen MR) is 190 cm³/mol. The molecule has 44 heavy (non-hydrogen) atoms. The maximum absolute atomic E-state index is 2.68. The van der Waals surface area contributed by atoms with Crippen molar-refractivity contribution >= 4 is 45.9 Å². The van der Waals surface area contributed by atoms with E-state index in [4.69, 9.17) is 0 Å². The first-order valence-corrected chi connectivity index (χ1v) is 17.1. The highest BCUT2D eigenvalue weighted by molar-refractivity contribution is 7.19. The summed E-state index contributed by atoms with van der Waals surface area (Å²) in [5.74, 6) is 0. The number of para-hydroxylation sites is 2. The van der Waals surface area contributed by atoms with E-state index in [-0.39, 0.29) is 0 Å². The molecule has 0 aromatic heterocycles. The topological polar surface area (TPSA) is 3.24 Å². The molecule has 0 unspecified atom stereocenters. The van der Waals surface area contributed by atoms with Gasteiger partial charge in [-0.15, -0.1) is 0 Å². The predicted octanol–water partition coefficient (Wildman–Crippen LogP) is 8.20. The van der Waals surface area contributed by atoms with Crippen LogP contribution in [0.4, 0.5) is 17.1 Å². The van der Waals surface area contributed by atoms with Gasteiger partial charge in [0, 0.05) is 16.9 Å². The van der Waals surface area contributed by atoms with Crippen LogP contribution in [0.5, 0.6) is 0 Å². The van der Waals surface area contributed by atoms with Crippen molar-refractivity contribution in [2.45, 2.75) is 0 Å². The normalized spacial score (nSPS) is 11.2. The molecule has 0 spiro atoms. The summed E-state index contributed by atoms with van der Waals surface area (Å²) in [4.78, 5) is 2.41. The molecule has 2 heteroatoms. The third kappa shape index (κ3) is 5.06. The molecule has 0 aliphatic rings. The highest BCUT2D eigenvalue weighted by Gasteiger charge is 2.41. The Morgan fingerprint density at radius 1 is 0.318 bits per heavy atom. The summed E-state index contributed by atoms with van der Waals surface area (Å²) in [6.07, 6.45) is 0. The van der Waals surface area contributed by atoms with Gasteiger partial charge >= 0.3 is 0 Å². The minimum Gasteiger partial charge on any atom is -0.310 e. The van der Waals surface area contributed by atoms with E-state index in [1.807, 2.05) is 0 Å². The van der Waals surface area contributed by atoms with Crippen molar-refractivity contribution < 1.29 is 0 Å². The highest BCUT2D eigenvalue weighted by Crippen LogP contribution is 2.40. The fourth-order valence-electron chi connectivity index (χ4n) is 6.48. The maximum Gasteiger partial charge on any atom is 0.179 e. The van der Waals surface area contributed by atoms with Gasteiger partial charge in [-0.3, -0.25) is 0 Å². The Hall–Kier alpha value is -5.44. The molecular weight excluding hydrogens is 547 g/mol. The Morgan fingerprint density at radius 2 is 0.727 bits per heavy atom. The number of benzene rings is 7. The summed E-state index contributed by atoms with van der Waals surface area (Å²) in [6, 6.07) is 72.7. The first-order valence-electron chi connectivity index (χ1n) is 15.1. The van der Waals surface area contributed by atoms with Crippen molar-refractivity contribution in [2.75, 3.05) is 4.90 Å². The average molecular weight is 580 g/mol. The van der Waals surface area contributed by atoms with Gasteiger partial charge in [-0.2, -0.15) is 0 Å². The second kappa shape index (κ2) is 12.4. The monoisotopic (exact) mass is 579 g/mol. The molecule has 0 atom stereocenters. The third-order valence-corrected chi connectivity index (χ3v) is 13.2. The molecule has 0 heterocycles. The van der Waals surface area contributed by atoms with Gasteiger partial charge in [0.15, 0.2) is 8.07 Å². The molecule has 7 aromatic carbocycles. The summed E-state index contributed by atoms with van der Waals surface area (Å²) < 4.78 is 0. The summed E-state index contributed by atoms with van der Waals surface area (Å²) in [6.45, 7) is 0. The molecule has 0 N–H and O–H groups in total. The molecule has 0 saturated carbocycles. The van der Waals surface area contributed by atoms with Gasteiger partial charge in [0.25, 0.3) is 0 Å². The van der Waals surface area contributed by atoms with Crippen LogP contribution in [-0.4, -0.2) is 8.07 Å². The standard InChI is InChI=1S/C42H33NSi/c1-6-19-34(20-7-1)41-31-16-17-32-42(41)43(35-21-8-2-9-22-35)36-23-18-30-40(33-36)44(37-24-10-3-11-25-37,38-26-12-4-13-27-38)39-28-14-5-15-29-39/h1-33H. The van der Waals surface area contributed by atoms with Crippen LogP contribution in [0.1, 0.15) is 0 Å². The van der Waals surface area contributed by atoms with Gasteiger partial charge in [0.05, 0.1) is 5.69 Å². The van der Waals surface area contributed by atoms with Gasteiger partial charge in [-0.1, -0.05) is 170 Å². The number of anilines is 3. The SMILES string of the molecule is c1ccc(-c2ccccc2N(c2ccccc2)c2cccc([Si](c3ccccc3)(c3ccccc3)c3ccccc3)c2)cc1. The van der Waals surface area contributed by atoms with Crippen LogP contribution in [0.3, 0.4) is 0 Å². The molecule has 1 nitrogen and oxygen atoms in total. The van der Waals surface area contributed by atoms with E-state index in [1.165, 1.54) is 31.9 Å². The minimum atomic E-state index is -2.68. The molecule has 0 aliphatic heterocycles. The fraction of sp³-hybridized carbons (Fsp3) is 0. The van der Waals surface area contributed by atoms with Crippen LogP contribution in [-0.2, 0) is 0 Å². The van der Waals surface area contributed by atoms with Crippen LogP contribution in [0, 0.1) is 0 Å². The first kappa shape index (κ1) is 27.4. The Morgan fingerprint density at radius 3 is 1.27 bits per heavy atom. The van der Waals surface area contributed by atoms with E-state index in [0.717, 1.165) is 17.1 Å². The molecule has 0 saturated heterocycles. The zero-order valence-electron chi connectivity index (χ0n) is 24.5. The van der Waals surface area contributed by atoms with Gasteiger partial charge in [-0.25, -0.2) is 0 Å². The highest BCUT2D eigenvalue weighted by atomic mass is 28.3. The third-order valence-electron chi connectivity index (χ3n) is 8.40. The lowest BCUT2D eigenvalue weighted by Gasteiger charge is -2.35. The lowest BCUT2D eigenvalue weighted by Crippen LogP contribution is -2.74. The number of hydrogen-bond acceptors (Lipinski definition) is 1.